The summed E-state index contributed by atoms with van der Waals surface area (Å²) in [7, 11) is 1.84. The molecule has 0 N–H and O–H groups in total. The Morgan fingerprint density at radius 2 is 2.00 bits per heavy atom. The molecule has 0 fully saturated rings. The van der Waals surface area contributed by atoms with E-state index in [2.05, 4.69) is 21.9 Å². The summed E-state index contributed by atoms with van der Waals surface area (Å²) in [5.41, 5.74) is 2.64. The minimum atomic E-state index is 0.467. The van der Waals surface area contributed by atoms with E-state index in [1.165, 1.54) is 0 Å². The molecule has 0 aliphatic heterocycles. The highest BCUT2D eigenvalue weighted by Crippen LogP contribution is 2.26. The Hall–Kier alpha value is -1.53. The van der Waals surface area contributed by atoms with Crippen molar-refractivity contribution in [2.24, 2.45) is 7.05 Å². The first-order valence-corrected chi connectivity index (χ1v) is 5.93. The van der Waals surface area contributed by atoms with Gasteiger partial charge in [-0.05, 0) is 25.3 Å². The predicted molar refractivity (Wildman–Crippen MR) is 72.2 cm³/mol. The highest BCUT2D eigenvalue weighted by Gasteiger charge is 2.12. The summed E-state index contributed by atoms with van der Waals surface area (Å²) in [6.07, 6.45) is 1.74. The van der Waals surface area contributed by atoms with E-state index in [9.17, 15) is 0 Å². The quantitative estimate of drug-likeness (QED) is 0.530. The zero-order valence-electron chi connectivity index (χ0n) is 10.8. The van der Waals surface area contributed by atoms with Crippen LogP contribution in [0.25, 0.3) is 10.9 Å². The van der Waals surface area contributed by atoms with Gasteiger partial charge < -0.3 is 0 Å². The van der Waals surface area contributed by atoms with E-state index in [0.29, 0.717) is 5.15 Å². The molecule has 2 aromatic heterocycles. The van der Waals surface area contributed by atoms with Crippen molar-refractivity contribution < 1.29 is 0 Å². The maximum absolute atomic E-state index is 6.03. The van der Waals surface area contributed by atoms with E-state index >= 15 is 0 Å². The number of halogens is 1. The monoisotopic (exact) mass is 249 g/mol. The van der Waals surface area contributed by atoms with Gasteiger partial charge in [-0.3, -0.25) is 4.68 Å². The van der Waals surface area contributed by atoms with Crippen LogP contribution in [-0.4, -0.2) is 14.8 Å². The minimum absolute atomic E-state index is 0.467. The highest BCUT2D eigenvalue weighted by molar-refractivity contribution is 6.34. The minimum Gasteiger partial charge on any atom is -0.264 e. The van der Waals surface area contributed by atoms with Gasteiger partial charge in [-0.25, -0.2) is 4.98 Å². The lowest BCUT2D eigenvalue weighted by Crippen LogP contribution is -1.91. The molecule has 2 heterocycles. The fourth-order valence-electron chi connectivity index (χ4n) is 1.62. The van der Waals surface area contributed by atoms with Crippen LogP contribution in [0.5, 0.6) is 0 Å². The second kappa shape index (κ2) is 5.70. The molecule has 0 aromatic carbocycles. The summed E-state index contributed by atoms with van der Waals surface area (Å²) in [5.74, 6) is 5.82. The smallest absolute Gasteiger partial charge is 0.154 e. The zero-order valence-corrected chi connectivity index (χ0v) is 11.6. The van der Waals surface area contributed by atoms with Crippen LogP contribution in [0.1, 0.15) is 32.0 Å². The SMILES string of the molecule is CC.CC#Cc1nn(C)c2c(Cl)ncc(C)c12. The average Bonchev–Trinajstić information content (AvgIpc) is 2.66. The highest BCUT2D eigenvalue weighted by atomic mass is 35.5. The lowest BCUT2D eigenvalue weighted by atomic mass is 10.1. The third-order valence-corrected chi connectivity index (χ3v) is 2.53. The van der Waals surface area contributed by atoms with Gasteiger partial charge in [-0.2, -0.15) is 5.10 Å². The van der Waals surface area contributed by atoms with Gasteiger partial charge >= 0.3 is 0 Å². The Balaban J connectivity index is 0.000000686. The fraction of sp³-hybridized carbons (Fsp3) is 0.385. The molecule has 0 bridgehead atoms. The molecule has 0 aliphatic carbocycles. The van der Waals surface area contributed by atoms with Gasteiger partial charge in [0.2, 0.25) is 0 Å². The van der Waals surface area contributed by atoms with Gasteiger partial charge in [0.15, 0.2) is 5.15 Å². The molecule has 90 valence electrons. The number of aromatic nitrogens is 3. The summed E-state index contributed by atoms with van der Waals surface area (Å²) in [5, 5.41) is 5.78. The third-order valence-electron chi connectivity index (χ3n) is 2.25. The van der Waals surface area contributed by atoms with Gasteiger partial charge in [0.25, 0.3) is 0 Å². The lowest BCUT2D eigenvalue weighted by Gasteiger charge is -1.98. The molecule has 2 aromatic rings. The summed E-state index contributed by atoms with van der Waals surface area (Å²) >= 11 is 6.03. The maximum Gasteiger partial charge on any atom is 0.154 e. The molecule has 0 saturated heterocycles. The van der Waals surface area contributed by atoms with Gasteiger partial charge in [0.05, 0.1) is 0 Å². The van der Waals surface area contributed by atoms with Crippen LogP contribution in [0.3, 0.4) is 0 Å². The van der Waals surface area contributed by atoms with Gasteiger partial charge in [0, 0.05) is 18.6 Å². The molecule has 17 heavy (non-hydrogen) atoms. The Morgan fingerprint density at radius 3 is 2.59 bits per heavy atom. The van der Waals surface area contributed by atoms with Crippen LogP contribution in [0.4, 0.5) is 0 Å². The molecule has 0 unspecified atom stereocenters. The van der Waals surface area contributed by atoms with E-state index in [1.54, 1.807) is 17.8 Å². The molecule has 0 amide bonds. The molecule has 0 radical (unpaired) electrons. The molecular weight excluding hydrogens is 234 g/mol. The summed E-state index contributed by atoms with van der Waals surface area (Å²) < 4.78 is 1.72. The average molecular weight is 250 g/mol. The van der Waals surface area contributed by atoms with E-state index in [4.69, 9.17) is 11.6 Å². The van der Waals surface area contributed by atoms with E-state index in [-0.39, 0.29) is 0 Å². The van der Waals surface area contributed by atoms with E-state index in [1.807, 2.05) is 27.8 Å². The fourth-order valence-corrected chi connectivity index (χ4v) is 1.88. The van der Waals surface area contributed by atoms with Gasteiger partial charge in [-0.15, -0.1) is 0 Å². The maximum atomic E-state index is 6.03. The van der Waals surface area contributed by atoms with Gasteiger partial charge in [0.1, 0.15) is 11.2 Å². The molecule has 0 saturated carbocycles. The number of fused-ring (bicyclic) bond motifs is 1. The Labute approximate surface area is 107 Å². The van der Waals surface area contributed by atoms with Crippen LogP contribution >= 0.6 is 11.6 Å². The third kappa shape index (κ3) is 2.42. The first-order chi connectivity index (χ1) is 8.15. The molecule has 4 heteroatoms. The number of hydrogen-bond donors (Lipinski definition) is 0. The van der Waals surface area contributed by atoms with Crippen LogP contribution in [0.15, 0.2) is 6.20 Å². The van der Waals surface area contributed by atoms with Crippen molar-refractivity contribution in [2.45, 2.75) is 27.7 Å². The van der Waals surface area contributed by atoms with Crippen LogP contribution < -0.4 is 0 Å². The summed E-state index contributed by atoms with van der Waals surface area (Å²) in [6.45, 7) is 7.77. The number of nitrogens with zero attached hydrogens (tertiary/aromatic N) is 3. The Morgan fingerprint density at radius 1 is 1.35 bits per heavy atom. The number of rotatable bonds is 0. The van der Waals surface area contributed by atoms with Crippen molar-refractivity contribution in [3.05, 3.63) is 22.6 Å². The molecule has 2 rings (SSSR count). The van der Waals surface area contributed by atoms with Crippen molar-refractivity contribution >= 4 is 22.5 Å². The van der Waals surface area contributed by atoms with E-state index in [0.717, 1.165) is 22.2 Å². The Kier molecular flexibility index (Phi) is 4.53. The standard InChI is InChI=1S/C11H10ClN3.C2H6/c1-4-5-8-9-7(2)6-13-11(12)10(9)15(3)14-8;1-2/h6H,1-3H3;1-2H3. The molecular formula is C13H16ClN3. The summed E-state index contributed by atoms with van der Waals surface area (Å²) in [4.78, 5) is 4.10. The number of hydrogen-bond acceptors (Lipinski definition) is 2. The van der Waals surface area contributed by atoms with Crippen molar-refractivity contribution in [3.8, 4) is 11.8 Å². The topological polar surface area (TPSA) is 30.7 Å². The molecule has 0 aliphatic rings. The second-order valence-electron chi connectivity index (χ2n) is 3.30. The summed E-state index contributed by atoms with van der Waals surface area (Å²) in [6, 6.07) is 0. The molecule has 0 spiro atoms. The first kappa shape index (κ1) is 13.5. The van der Waals surface area contributed by atoms with Crippen molar-refractivity contribution in [3.63, 3.8) is 0 Å². The first-order valence-electron chi connectivity index (χ1n) is 5.55. The van der Waals surface area contributed by atoms with Gasteiger partial charge in [-0.1, -0.05) is 31.4 Å². The normalized spacial score (nSPS) is 9.29. The molecule has 0 atom stereocenters. The van der Waals surface area contributed by atoms with Crippen molar-refractivity contribution in [1.29, 1.82) is 0 Å². The van der Waals surface area contributed by atoms with Crippen molar-refractivity contribution in [2.75, 3.05) is 0 Å². The number of pyridine rings is 1. The molecule has 3 nitrogen and oxygen atoms in total. The zero-order chi connectivity index (χ0) is 13.0. The van der Waals surface area contributed by atoms with Crippen LogP contribution in [0.2, 0.25) is 5.15 Å². The van der Waals surface area contributed by atoms with Crippen LogP contribution in [0, 0.1) is 18.8 Å². The largest absolute Gasteiger partial charge is 0.264 e. The van der Waals surface area contributed by atoms with Crippen LogP contribution in [-0.2, 0) is 7.05 Å². The Bertz CT molecular complexity index is 588. The van der Waals surface area contributed by atoms with Crippen molar-refractivity contribution in [1.82, 2.24) is 14.8 Å². The number of aryl methyl sites for hydroxylation is 2. The van der Waals surface area contributed by atoms with E-state index < -0.39 is 0 Å². The predicted octanol–water partition coefficient (Wildman–Crippen LogP) is 3.33. The second-order valence-corrected chi connectivity index (χ2v) is 3.66. The lowest BCUT2D eigenvalue weighted by molar-refractivity contribution is 0.791.